The van der Waals surface area contributed by atoms with E-state index in [2.05, 4.69) is 19.2 Å². The molecule has 6 nitrogen and oxygen atoms in total. The van der Waals surface area contributed by atoms with E-state index in [9.17, 15) is 19.8 Å². The summed E-state index contributed by atoms with van der Waals surface area (Å²) < 4.78 is 5.49. The summed E-state index contributed by atoms with van der Waals surface area (Å²) in [5.74, 6) is -0.00551. The van der Waals surface area contributed by atoms with Gasteiger partial charge in [0.25, 0.3) is 0 Å². The van der Waals surface area contributed by atoms with Gasteiger partial charge in [-0.1, -0.05) is 354 Å². The first-order valence-corrected chi connectivity index (χ1v) is 33.8. The van der Waals surface area contributed by atoms with Gasteiger partial charge in [-0.2, -0.15) is 0 Å². The molecule has 0 saturated carbocycles. The van der Waals surface area contributed by atoms with E-state index in [0.29, 0.717) is 25.9 Å². The topological polar surface area (TPSA) is 95.9 Å². The molecule has 2 unspecified atom stereocenters. The Kier molecular flexibility index (Phi) is 62.4. The molecule has 6 heteroatoms. The lowest BCUT2D eigenvalue weighted by Crippen LogP contribution is -2.45. The molecule has 436 valence electrons. The molecule has 0 radical (unpaired) electrons. The number of hydrogen-bond acceptors (Lipinski definition) is 5. The number of carbonyl (C=O) groups excluding carboxylic acids is 2. The van der Waals surface area contributed by atoms with Crippen LogP contribution in [0.2, 0.25) is 0 Å². The summed E-state index contributed by atoms with van der Waals surface area (Å²) in [6.07, 6.45) is 75.8. The van der Waals surface area contributed by atoms with Crippen molar-refractivity contribution < 1.29 is 24.5 Å². The minimum atomic E-state index is -0.659. The largest absolute Gasteiger partial charge is 0.466 e. The van der Waals surface area contributed by atoms with Crippen LogP contribution in [0.15, 0.2) is 0 Å². The van der Waals surface area contributed by atoms with Gasteiger partial charge in [-0.15, -0.1) is 0 Å². The number of nitrogens with one attached hydrogen (secondary N) is 1. The number of esters is 1. The minimum Gasteiger partial charge on any atom is -0.466 e. The SMILES string of the molecule is CCCCCCCCCCCCCCCC(=O)OCCCCCCCCCCCCCCCCCCCCCCCCCCCCCCCCCC(=O)NC(CO)C(O)CCCCCCCCCCCCCC. The van der Waals surface area contributed by atoms with Crippen LogP contribution in [-0.2, 0) is 14.3 Å². The Balaban J connectivity index is 3.29. The number of carbonyl (C=O) groups is 2. The maximum Gasteiger partial charge on any atom is 0.305 e. The lowest BCUT2D eigenvalue weighted by atomic mass is 10.0. The molecule has 1 amide bonds. The molecular formula is C67H133NO5. The highest BCUT2D eigenvalue weighted by Crippen LogP contribution is 2.19. The average molecular weight is 1030 g/mol. The zero-order valence-electron chi connectivity index (χ0n) is 49.9. The highest BCUT2D eigenvalue weighted by atomic mass is 16.5. The number of ether oxygens (including phenoxy) is 1. The summed E-state index contributed by atoms with van der Waals surface area (Å²) in [4.78, 5) is 24.5. The lowest BCUT2D eigenvalue weighted by Gasteiger charge is -2.22. The van der Waals surface area contributed by atoms with Crippen LogP contribution in [0.1, 0.15) is 393 Å². The highest BCUT2D eigenvalue weighted by Gasteiger charge is 2.20. The third-order valence-corrected chi connectivity index (χ3v) is 16.2. The number of aliphatic hydroxyl groups excluding tert-OH is 2. The van der Waals surface area contributed by atoms with Crippen LogP contribution in [-0.4, -0.2) is 47.4 Å². The van der Waals surface area contributed by atoms with Crippen molar-refractivity contribution in [1.29, 1.82) is 0 Å². The normalized spacial score (nSPS) is 12.4. The van der Waals surface area contributed by atoms with Crippen LogP contribution in [0.5, 0.6) is 0 Å². The van der Waals surface area contributed by atoms with E-state index in [1.807, 2.05) is 0 Å². The third-order valence-electron chi connectivity index (χ3n) is 16.2. The molecular weight excluding hydrogens is 899 g/mol. The van der Waals surface area contributed by atoms with Crippen molar-refractivity contribution >= 4 is 11.9 Å². The fraction of sp³-hybridized carbons (Fsp3) is 0.970. The second kappa shape index (κ2) is 63.4. The Bertz CT molecular complexity index is 1050. The van der Waals surface area contributed by atoms with Crippen LogP contribution >= 0.6 is 0 Å². The molecule has 0 aliphatic carbocycles. The summed E-state index contributed by atoms with van der Waals surface area (Å²) in [6.45, 7) is 4.99. The third kappa shape index (κ3) is 60.0. The molecule has 0 aromatic rings. The van der Waals surface area contributed by atoms with Crippen molar-refractivity contribution in [1.82, 2.24) is 5.32 Å². The Morgan fingerprint density at radius 2 is 0.562 bits per heavy atom. The molecule has 0 heterocycles. The fourth-order valence-corrected chi connectivity index (χ4v) is 11.0. The molecule has 0 fully saturated rings. The Labute approximate surface area is 457 Å². The molecule has 0 aliphatic heterocycles. The summed E-state index contributed by atoms with van der Waals surface area (Å²) in [5, 5.41) is 23.2. The second-order valence-corrected chi connectivity index (χ2v) is 23.5. The predicted octanol–water partition coefficient (Wildman–Crippen LogP) is 21.4. The first-order chi connectivity index (χ1) is 36.0. The number of unbranched alkanes of at least 4 members (excludes halogenated alkanes) is 53. The first kappa shape index (κ1) is 71.9. The number of aliphatic hydroxyl groups is 2. The lowest BCUT2D eigenvalue weighted by molar-refractivity contribution is -0.143. The fourth-order valence-electron chi connectivity index (χ4n) is 11.0. The van der Waals surface area contributed by atoms with Gasteiger partial charge in [-0.25, -0.2) is 0 Å². The minimum absolute atomic E-state index is 0.0231. The van der Waals surface area contributed by atoms with Crippen molar-refractivity contribution in [3.63, 3.8) is 0 Å². The van der Waals surface area contributed by atoms with Crippen LogP contribution < -0.4 is 5.32 Å². The van der Waals surface area contributed by atoms with Gasteiger partial charge in [-0.3, -0.25) is 9.59 Å². The second-order valence-electron chi connectivity index (χ2n) is 23.5. The van der Waals surface area contributed by atoms with Gasteiger partial charge >= 0.3 is 5.97 Å². The molecule has 0 spiro atoms. The van der Waals surface area contributed by atoms with E-state index in [4.69, 9.17) is 4.74 Å². The Hall–Kier alpha value is -1.14. The van der Waals surface area contributed by atoms with Crippen molar-refractivity contribution in [3.05, 3.63) is 0 Å². The highest BCUT2D eigenvalue weighted by molar-refractivity contribution is 5.76. The van der Waals surface area contributed by atoms with Gasteiger partial charge in [0.2, 0.25) is 5.91 Å². The summed E-state index contributed by atoms with van der Waals surface area (Å²) in [6, 6.07) is -0.536. The van der Waals surface area contributed by atoms with Crippen molar-refractivity contribution in [2.24, 2.45) is 0 Å². The van der Waals surface area contributed by atoms with Crippen LogP contribution in [0.4, 0.5) is 0 Å². The van der Waals surface area contributed by atoms with E-state index in [0.717, 1.165) is 38.5 Å². The molecule has 0 aromatic carbocycles. The molecule has 0 rings (SSSR count). The zero-order chi connectivity index (χ0) is 52.9. The van der Waals surface area contributed by atoms with Crippen molar-refractivity contribution in [2.45, 2.75) is 405 Å². The van der Waals surface area contributed by atoms with Crippen molar-refractivity contribution in [3.8, 4) is 0 Å². The van der Waals surface area contributed by atoms with E-state index >= 15 is 0 Å². The van der Waals surface area contributed by atoms with E-state index in [1.54, 1.807) is 0 Å². The standard InChI is InChI=1S/C67H133NO5/c1-3-5-7-9-11-13-15-36-41-45-49-53-57-61-67(72)73-62-58-54-50-46-42-38-35-33-31-29-27-25-23-21-19-17-18-20-22-24-26-28-30-32-34-37-40-44-48-52-56-60-66(71)68-64(63-69)65(70)59-55-51-47-43-39-16-14-12-10-8-6-4-2/h64-65,69-70H,3-63H2,1-2H3,(H,68,71). The van der Waals surface area contributed by atoms with Crippen LogP contribution in [0.3, 0.4) is 0 Å². The van der Waals surface area contributed by atoms with E-state index < -0.39 is 12.1 Å². The first-order valence-electron chi connectivity index (χ1n) is 33.8. The molecule has 73 heavy (non-hydrogen) atoms. The van der Waals surface area contributed by atoms with Gasteiger partial charge in [0.1, 0.15) is 0 Å². The molecule has 2 atom stereocenters. The predicted molar refractivity (Wildman–Crippen MR) is 320 cm³/mol. The summed E-state index contributed by atoms with van der Waals surface area (Å²) >= 11 is 0. The smallest absolute Gasteiger partial charge is 0.305 e. The summed E-state index contributed by atoms with van der Waals surface area (Å²) in [7, 11) is 0. The summed E-state index contributed by atoms with van der Waals surface area (Å²) in [5.41, 5.74) is 0. The van der Waals surface area contributed by atoms with Gasteiger partial charge in [0.15, 0.2) is 0 Å². The van der Waals surface area contributed by atoms with E-state index in [-0.39, 0.29) is 18.5 Å². The number of rotatable bonds is 64. The average Bonchev–Trinajstić information content (AvgIpc) is 3.39. The number of amides is 1. The van der Waals surface area contributed by atoms with Gasteiger partial charge < -0.3 is 20.3 Å². The number of hydrogen-bond donors (Lipinski definition) is 3. The molecule has 0 aliphatic rings. The maximum atomic E-state index is 12.5. The molecule has 0 aromatic heterocycles. The van der Waals surface area contributed by atoms with Crippen LogP contribution in [0, 0.1) is 0 Å². The van der Waals surface area contributed by atoms with Gasteiger partial charge in [0.05, 0.1) is 25.4 Å². The molecule has 3 N–H and O–H groups in total. The Morgan fingerprint density at radius 1 is 0.329 bits per heavy atom. The molecule has 0 bridgehead atoms. The van der Waals surface area contributed by atoms with Gasteiger partial charge in [-0.05, 0) is 25.7 Å². The Morgan fingerprint density at radius 3 is 0.836 bits per heavy atom. The quantitative estimate of drug-likeness (QED) is 0.0417. The van der Waals surface area contributed by atoms with Gasteiger partial charge in [0, 0.05) is 12.8 Å². The van der Waals surface area contributed by atoms with Crippen LogP contribution in [0.25, 0.3) is 0 Å². The molecule has 0 saturated heterocycles. The maximum absolute atomic E-state index is 12.5. The zero-order valence-corrected chi connectivity index (χ0v) is 49.9. The van der Waals surface area contributed by atoms with E-state index in [1.165, 1.54) is 321 Å². The monoisotopic (exact) mass is 1030 g/mol. The van der Waals surface area contributed by atoms with Crippen molar-refractivity contribution in [2.75, 3.05) is 13.2 Å².